The number of rotatable bonds is 7. The van der Waals surface area contributed by atoms with Gasteiger partial charge in [0, 0.05) is 19.4 Å². The van der Waals surface area contributed by atoms with Gasteiger partial charge < -0.3 is 4.74 Å². The van der Waals surface area contributed by atoms with E-state index >= 15 is 0 Å². The van der Waals surface area contributed by atoms with Crippen molar-refractivity contribution in [1.29, 1.82) is 0 Å². The van der Waals surface area contributed by atoms with Gasteiger partial charge in [-0.1, -0.05) is 0 Å². The monoisotopic (exact) mass is 392 g/mol. The summed E-state index contributed by atoms with van der Waals surface area (Å²) in [6.45, 7) is 0.0876. The lowest BCUT2D eigenvalue weighted by molar-refractivity contribution is -0.121. The van der Waals surface area contributed by atoms with E-state index in [4.69, 9.17) is 4.74 Å². The molecule has 1 heterocycles. The van der Waals surface area contributed by atoms with Crippen LogP contribution in [0.2, 0.25) is 0 Å². The molecule has 1 fully saturated rings. The van der Waals surface area contributed by atoms with Crippen LogP contribution in [-0.4, -0.2) is 33.4 Å². The highest BCUT2D eigenvalue weighted by molar-refractivity contribution is 7.89. The minimum absolute atomic E-state index is 0.00660. The Bertz CT molecular complexity index is 927. The lowest BCUT2D eigenvalue weighted by Gasteiger charge is -2.14. The highest BCUT2D eigenvalue weighted by atomic mass is 32.2. The van der Waals surface area contributed by atoms with Crippen molar-refractivity contribution < 1.29 is 27.1 Å². The number of imide groups is 1. The topological polar surface area (TPSA) is 92.8 Å². The Labute approximate surface area is 155 Å². The lowest BCUT2D eigenvalue weighted by Crippen LogP contribution is -2.29. The van der Waals surface area contributed by atoms with E-state index in [0.717, 1.165) is 4.90 Å². The Morgan fingerprint density at radius 3 is 2.15 bits per heavy atom. The number of ether oxygens (including phenoxy) is 1. The Balaban J connectivity index is 1.57. The first-order valence-electron chi connectivity index (χ1n) is 8.21. The van der Waals surface area contributed by atoms with Crippen LogP contribution in [-0.2, 0) is 19.6 Å². The summed E-state index contributed by atoms with van der Waals surface area (Å²) in [7, 11) is -3.77. The van der Waals surface area contributed by atoms with E-state index in [1.165, 1.54) is 48.5 Å². The van der Waals surface area contributed by atoms with E-state index in [9.17, 15) is 22.4 Å². The summed E-state index contributed by atoms with van der Waals surface area (Å²) in [5.41, 5.74) is 0.348. The van der Waals surface area contributed by atoms with Crippen LogP contribution in [0, 0.1) is 5.82 Å². The molecule has 1 saturated heterocycles. The van der Waals surface area contributed by atoms with Crippen LogP contribution in [0.5, 0.6) is 5.75 Å². The molecule has 0 radical (unpaired) electrons. The van der Waals surface area contributed by atoms with Gasteiger partial charge in [-0.3, -0.25) is 14.5 Å². The number of anilines is 1. The molecule has 0 aliphatic carbocycles. The number of hydrogen-bond acceptors (Lipinski definition) is 5. The van der Waals surface area contributed by atoms with Gasteiger partial charge in [0.15, 0.2) is 0 Å². The molecular weight excluding hydrogens is 375 g/mol. The maximum absolute atomic E-state index is 12.8. The van der Waals surface area contributed by atoms with E-state index < -0.39 is 10.0 Å². The zero-order valence-electron chi connectivity index (χ0n) is 14.2. The van der Waals surface area contributed by atoms with Crippen molar-refractivity contribution in [3.05, 3.63) is 54.3 Å². The quantitative estimate of drug-likeness (QED) is 0.573. The minimum atomic E-state index is -3.77. The first-order chi connectivity index (χ1) is 12.9. The molecule has 0 spiro atoms. The molecule has 1 aliphatic rings. The number of amides is 2. The fraction of sp³-hybridized carbons (Fsp3) is 0.222. The van der Waals surface area contributed by atoms with Gasteiger partial charge in [-0.2, -0.15) is 0 Å². The van der Waals surface area contributed by atoms with Crippen LogP contribution in [0.3, 0.4) is 0 Å². The third-order valence-corrected chi connectivity index (χ3v) is 5.41. The first kappa shape index (κ1) is 19.0. The van der Waals surface area contributed by atoms with Gasteiger partial charge in [-0.05, 0) is 48.5 Å². The van der Waals surface area contributed by atoms with Crippen LogP contribution in [0.4, 0.5) is 10.1 Å². The molecule has 27 heavy (non-hydrogen) atoms. The lowest BCUT2D eigenvalue weighted by atomic mass is 10.3. The number of carbonyl (C=O) groups excluding carboxylic acids is 2. The number of nitrogens with zero attached hydrogens (tertiary/aromatic N) is 1. The highest BCUT2D eigenvalue weighted by Crippen LogP contribution is 2.23. The number of halogens is 1. The van der Waals surface area contributed by atoms with E-state index in [1.807, 2.05) is 0 Å². The molecule has 9 heteroatoms. The largest absolute Gasteiger partial charge is 0.492 e. The molecular formula is C18H17FN2O5S. The molecule has 142 valence electrons. The molecule has 2 amide bonds. The Morgan fingerprint density at radius 1 is 0.963 bits per heavy atom. The van der Waals surface area contributed by atoms with Gasteiger partial charge >= 0.3 is 0 Å². The molecule has 1 aliphatic heterocycles. The van der Waals surface area contributed by atoms with Crippen LogP contribution in [0.15, 0.2) is 53.4 Å². The summed E-state index contributed by atoms with van der Waals surface area (Å²) in [5.74, 6) is -0.554. The Kier molecular flexibility index (Phi) is 5.52. The molecule has 1 N–H and O–H groups in total. The minimum Gasteiger partial charge on any atom is -0.492 e. The standard InChI is InChI=1S/C18H17FN2O5S/c19-13-1-5-15(6-2-13)26-12-11-20-27(24,25)16-7-3-14(4-8-16)21-17(22)9-10-18(21)23/h1-8,20H,9-12H2. The second-order valence-electron chi connectivity index (χ2n) is 5.82. The van der Waals surface area contributed by atoms with Crippen LogP contribution >= 0.6 is 0 Å². The summed E-state index contributed by atoms with van der Waals surface area (Å²) < 4.78 is 45.1. The SMILES string of the molecule is O=C1CCC(=O)N1c1ccc(S(=O)(=O)NCCOc2ccc(F)cc2)cc1. The van der Waals surface area contributed by atoms with Gasteiger partial charge in [0.2, 0.25) is 21.8 Å². The normalized spacial score (nSPS) is 14.6. The number of benzene rings is 2. The van der Waals surface area contributed by atoms with Crippen molar-refractivity contribution in [1.82, 2.24) is 4.72 Å². The smallest absolute Gasteiger partial charge is 0.240 e. The van der Waals surface area contributed by atoms with Gasteiger partial charge in [-0.15, -0.1) is 0 Å². The number of sulfonamides is 1. The molecule has 0 unspecified atom stereocenters. The molecule has 0 aromatic heterocycles. The molecule has 2 aromatic rings. The van der Waals surface area contributed by atoms with Crippen molar-refractivity contribution in [3.63, 3.8) is 0 Å². The van der Waals surface area contributed by atoms with Crippen molar-refractivity contribution in [2.24, 2.45) is 0 Å². The van der Waals surface area contributed by atoms with Gasteiger partial charge in [-0.25, -0.2) is 17.5 Å². The maximum atomic E-state index is 12.8. The Hall–Kier alpha value is -2.78. The first-order valence-corrected chi connectivity index (χ1v) is 9.69. The molecule has 0 bridgehead atoms. The predicted octanol–water partition coefficient (Wildman–Crippen LogP) is 1.84. The van der Waals surface area contributed by atoms with Crippen LogP contribution in [0.1, 0.15) is 12.8 Å². The fourth-order valence-electron chi connectivity index (χ4n) is 2.60. The Morgan fingerprint density at radius 2 is 1.56 bits per heavy atom. The summed E-state index contributed by atoms with van der Waals surface area (Å²) >= 11 is 0. The third kappa shape index (κ3) is 4.50. The maximum Gasteiger partial charge on any atom is 0.240 e. The van der Waals surface area contributed by atoms with Crippen molar-refractivity contribution >= 4 is 27.5 Å². The molecule has 7 nitrogen and oxygen atoms in total. The number of carbonyl (C=O) groups is 2. The van der Waals surface area contributed by atoms with Crippen molar-refractivity contribution in [2.45, 2.75) is 17.7 Å². The van der Waals surface area contributed by atoms with Crippen LogP contribution < -0.4 is 14.4 Å². The summed E-state index contributed by atoms with van der Waals surface area (Å²) in [6.07, 6.45) is 0.322. The van der Waals surface area contributed by atoms with Crippen LogP contribution in [0.25, 0.3) is 0 Å². The molecule has 0 saturated carbocycles. The van der Waals surface area contributed by atoms with E-state index in [-0.39, 0.29) is 48.5 Å². The second kappa shape index (κ2) is 7.85. The molecule has 3 rings (SSSR count). The predicted molar refractivity (Wildman–Crippen MR) is 95.3 cm³/mol. The number of nitrogens with one attached hydrogen (secondary N) is 1. The average molecular weight is 392 g/mol. The number of hydrogen-bond donors (Lipinski definition) is 1. The summed E-state index contributed by atoms with van der Waals surface area (Å²) in [4.78, 5) is 24.5. The van der Waals surface area contributed by atoms with E-state index in [0.29, 0.717) is 11.4 Å². The van der Waals surface area contributed by atoms with Crippen molar-refractivity contribution in [2.75, 3.05) is 18.1 Å². The van der Waals surface area contributed by atoms with Gasteiger partial charge in [0.05, 0.1) is 10.6 Å². The average Bonchev–Trinajstić information content (AvgIpc) is 2.99. The highest BCUT2D eigenvalue weighted by Gasteiger charge is 2.30. The zero-order chi connectivity index (χ0) is 19.4. The van der Waals surface area contributed by atoms with Gasteiger partial charge in [0.25, 0.3) is 0 Å². The third-order valence-electron chi connectivity index (χ3n) is 3.93. The van der Waals surface area contributed by atoms with Gasteiger partial charge in [0.1, 0.15) is 18.2 Å². The summed E-state index contributed by atoms with van der Waals surface area (Å²) in [5, 5.41) is 0. The second-order valence-corrected chi connectivity index (χ2v) is 7.58. The fourth-order valence-corrected chi connectivity index (χ4v) is 3.61. The van der Waals surface area contributed by atoms with E-state index in [2.05, 4.69) is 4.72 Å². The van der Waals surface area contributed by atoms with E-state index in [1.54, 1.807) is 0 Å². The van der Waals surface area contributed by atoms with Crippen molar-refractivity contribution in [3.8, 4) is 5.75 Å². The molecule has 0 atom stereocenters. The zero-order valence-corrected chi connectivity index (χ0v) is 15.0. The summed E-state index contributed by atoms with van der Waals surface area (Å²) in [6, 6.07) is 10.9. The molecule has 2 aromatic carbocycles.